The summed E-state index contributed by atoms with van der Waals surface area (Å²) in [7, 11) is 1.51. The number of anilines is 2. The molecule has 2 fully saturated rings. The van der Waals surface area contributed by atoms with E-state index in [0.29, 0.717) is 18.1 Å². The molecule has 0 aliphatic heterocycles. The number of rotatable bonds is 8. The average Bonchev–Trinajstić information content (AvgIpc) is 3.60. The van der Waals surface area contributed by atoms with E-state index in [0.717, 1.165) is 17.9 Å². The monoisotopic (exact) mass is 366 g/mol. The molecule has 4 rings (SSSR count). The van der Waals surface area contributed by atoms with Gasteiger partial charge in [-0.3, -0.25) is 9.59 Å². The topological polar surface area (TPSA) is 79.7 Å². The lowest BCUT2D eigenvalue weighted by Gasteiger charge is -2.25. The zero-order valence-corrected chi connectivity index (χ0v) is 15.2. The number of carbonyl (C=O) groups excluding carboxylic acids is 1. The van der Waals surface area contributed by atoms with Crippen LogP contribution in [0.3, 0.4) is 0 Å². The summed E-state index contributed by atoms with van der Waals surface area (Å²) in [6.07, 6.45) is 4.51. The summed E-state index contributed by atoms with van der Waals surface area (Å²) in [6, 6.07) is 11.9. The molecule has 0 radical (unpaired) electrons. The minimum absolute atomic E-state index is 0.217. The van der Waals surface area contributed by atoms with Crippen molar-refractivity contribution < 1.29 is 19.4 Å². The number of hydrogen-bond acceptors (Lipinski definition) is 5. The predicted molar refractivity (Wildman–Crippen MR) is 101 cm³/mol. The molecule has 140 valence electrons. The number of Topliss-reactive ketones (excluding diaryl/α,β-unsaturated/α-hetero) is 1. The number of ketones is 1. The van der Waals surface area contributed by atoms with Crippen LogP contribution in [0.2, 0.25) is 0 Å². The van der Waals surface area contributed by atoms with Crippen molar-refractivity contribution in [3.05, 3.63) is 48.3 Å². The van der Waals surface area contributed by atoms with E-state index < -0.39 is 17.8 Å². The van der Waals surface area contributed by atoms with Gasteiger partial charge in [0.05, 0.1) is 24.9 Å². The van der Waals surface area contributed by atoms with Crippen molar-refractivity contribution in [2.45, 2.75) is 19.3 Å². The van der Waals surface area contributed by atoms with Crippen LogP contribution in [0.1, 0.15) is 29.8 Å². The molecule has 6 nitrogen and oxygen atoms in total. The Morgan fingerprint density at radius 2 is 1.93 bits per heavy atom. The van der Waals surface area contributed by atoms with Crippen LogP contribution in [0.4, 0.5) is 11.4 Å². The molecule has 0 spiro atoms. The van der Waals surface area contributed by atoms with Gasteiger partial charge in [0, 0.05) is 24.2 Å². The fourth-order valence-electron chi connectivity index (χ4n) is 3.38. The van der Waals surface area contributed by atoms with E-state index in [1.165, 1.54) is 20.0 Å². The van der Waals surface area contributed by atoms with Crippen LogP contribution < -0.4 is 9.64 Å². The Morgan fingerprint density at radius 1 is 1.19 bits per heavy atom. The minimum atomic E-state index is -0.927. The molecular formula is C21H22N2O4. The van der Waals surface area contributed by atoms with E-state index in [2.05, 4.69) is 22.0 Å². The van der Waals surface area contributed by atoms with Crippen LogP contribution in [-0.4, -0.2) is 35.5 Å². The molecule has 1 aromatic heterocycles. The second-order valence-electron chi connectivity index (χ2n) is 7.29. The minimum Gasteiger partial charge on any atom is -0.494 e. The van der Waals surface area contributed by atoms with E-state index in [-0.39, 0.29) is 11.5 Å². The van der Waals surface area contributed by atoms with E-state index >= 15 is 0 Å². The van der Waals surface area contributed by atoms with Crippen LogP contribution in [0, 0.1) is 17.8 Å². The first-order chi connectivity index (χ1) is 13.1. The number of hydrogen-bond donors (Lipinski definition) is 1. The van der Waals surface area contributed by atoms with Crippen LogP contribution in [0.25, 0.3) is 0 Å². The molecule has 0 bridgehead atoms. The molecule has 1 aromatic carbocycles. The Hall–Kier alpha value is -2.89. The maximum Gasteiger partial charge on any atom is 0.307 e. The standard InChI is InChI=1S/C21H22N2O4/c1-27-18-9-15(11-22-19(18)20(24)16-10-17(16)21(25)26)23(12-13-7-8-13)14-5-3-2-4-6-14/h2-6,9,11,13,16-17H,7-8,10,12H2,1H3,(H,25,26)/t16-,17-/m0/s1. The van der Waals surface area contributed by atoms with E-state index in [1.807, 2.05) is 24.3 Å². The van der Waals surface area contributed by atoms with Gasteiger partial charge in [-0.2, -0.15) is 0 Å². The molecule has 2 saturated carbocycles. The number of aliphatic carboxylic acids is 1. The molecule has 0 unspecified atom stereocenters. The van der Waals surface area contributed by atoms with Crippen LogP contribution in [0.15, 0.2) is 42.6 Å². The highest BCUT2D eigenvalue weighted by atomic mass is 16.5. The number of aromatic nitrogens is 1. The van der Waals surface area contributed by atoms with Gasteiger partial charge < -0.3 is 14.7 Å². The summed E-state index contributed by atoms with van der Waals surface area (Å²) in [4.78, 5) is 30.2. The van der Waals surface area contributed by atoms with Crippen molar-refractivity contribution in [3.8, 4) is 5.75 Å². The number of nitrogens with zero attached hydrogens (tertiary/aromatic N) is 2. The molecule has 1 N–H and O–H groups in total. The number of para-hydroxylation sites is 1. The first-order valence-electron chi connectivity index (χ1n) is 9.22. The zero-order valence-electron chi connectivity index (χ0n) is 15.2. The van der Waals surface area contributed by atoms with Crippen molar-refractivity contribution in [2.75, 3.05) is 18.6 Å². The molecule has 27 heavy (non-hydrogen) atoms. The van der Waals surface area contributed by atoms with Crippen LogP contribution in [0.5, 0.6) is 5.75 Å². The fraction of sp³-hybridized carbons (Fsp3) is 0.381. The lowest BCUT2D eigenvalue weighted by molar-refractivity contribution is -0.138. The van der Waals surface area contributed by atoms with Crippen LogP contribution >= 0.6 is 0 Å². The Kier molecular flexibility index (Phi) is 4.56. The van der Waals surface area contributed by atoms with Crippen molar-refractivity contribution in [3.63, 3.8) is 0 Å². The molecule has 6 heteroatoms. The highest BCUT2D eigenvalue weighted by molar-refractivity contribution is 6.03. The largest absolute Gasteiger partial charge is 0.494 e. The number of benzene rings is 1. The second-order valence-corrected chi connectivity index (χ2v) is 7.29. The Bertz CT molecular complexity index is 864. The molecule has 0 saturated heterocycles. The predicted octanol–water partition coefficient (Wildman–Crippen LogP) is 3.54. The first-order valence-corrected chi connectivity index (χ1v) is 9.22. The Labute approximate surface area is 157 Å². The van der Waals surface area contributed by atoms with Gasteiger partial charge in [-0.25, -0.2) is 4.98 Å². The lowest BCUT2D eigenvalue weighted by Crippen LogP contribution is -2.21. The zero-order chi connectivity index (χ0) is 19.0. The van der Waals surface area contributed by atoms with Gasteiger partial charge >= 0.3 is 5.97 Å². The molecule has 2 aliphatic carbocycles. The maximum atomic E-state index is 12.6. The van der Waals surface area contributed by atoms with Crippen LogP contribution in [-0.2, 0) is 4.79 Å². The van der Waals surface area contributed by atoms with Gasteiger partial charge in [-0.15, -0.1) is 0 Å². The SMILES string of the molecule is COc1cc(N(CC2CC2)c2ccccc2)cnc1C(=O)[C@H]1C[C@@H]1C(=O)O. The maximum absolute atomic E-state index is 12.6. The summed E-state index contributed by atoms with van der Waals surface area (Å²) in [5.41, 5.74) is 2.15. The summed E-state index contributed by atoms with van der Waals surface area (Å²) < 4.78 is 5.43. The smallest absolute Gasteiger partial charge is 0.307 e. The quantitative estimate of drug-likeness (QED) is 0.720. The lowest BCUT2D eigenvalue weighted by atomic mass is 10.1. The third-order valence-electron chi connectivity index (χ3n) is 5.25. The second kappa shape index (κ2) is 7.02. The van der Waals surface area contributed by atoms with Crippen molar-refractivity contribution in [1.29, 1.82) is 0 Å². The number of methoxy groups -OCH3 is 1. The average molecular weight is 366 g/mol. The summed E-state index contributed by atoms with van der Waals surface area (Å²) in [6.45, 7) is 0.895. The van der Waals surface area contributed by atoms with Gasteiger partial charge in [-0.1, -0.05) is 18.2 Å². The fourth-order valence-corrected chi connectivity index (χ4v) is 3.38. The summed E-state index contributed by atoms with van der Waals surface area (Å²) in [5.74, 6) is -1.21. The molecule has 2 atom stereocenters. The number of ether oxygens (including phenoxy) is 1. The first kappa shape index (κ1) is 17.5. The highest BCUT2D eigenvalue weighted by Crippen LogP contribution is 2.43. The third kappa shape index (κ3) is 3.65. The molecule has 1 heterocycles. The van der Waals surface area contributed by atoms with Crippen molar-refractivity contribution in [2.24, 2.45) is 17.8 Å². The number of carboxylic acid groups (broad SMARTS) is 1. The van der Waals surface area contributed by atoms with Gasteiger partial charge in [0.15, 0.2) is 5.78 Å². The number of carboxylic acids is 1. The number of carbonyl (C=O) groups is 2. The van der Waals surface area contributed by atoms with E-state index in [9.17, 15) is 9.59 Å². The summed E-state index contributed by atoms with van der Waals surface area (Å²) in [5, 5.41) is 9.07. The van der Waals surface area contributed by atoms with Crippen molar-refractivity contribution >= 4 is 23.1 Å². The van der Waals surface area contributed by atoms with Gasteiger partial charge in [0.25, 0.3) is 0 Å². The molecule has 0 amide bonds. The van der Waals surface area contributed by atoms with E-state index in [1.54, 1.807) is 6.20 Å². The summed E-state index contributed by atoms with van der Waals surface area (Å²) >= 11 is 0. The number of pyridine rings is 1. The van der Waals surface area contributed by atoms with Gasteiger partial charge in [-0.05, 0) is 37.3 Å². The molecular weight excluding hydrogens is 344 g/mol. The van der Waals surface area contributed by atoms with Crippen molar-refractivity contribution in [1.82, 2.24) is 4.98 Å². The van der Waals surface area contributed by atoms with Gasteiger partial charge in [0.2, 0.25) is 0 Å². The Balaban J connectivity index is 1.63. The van der Waals surface area contributed by atoms with Gasteiger partial charge in [0.1, 0.15) is 11.4 Å². The third-order valence-corrected chi connectivity index (χ3v) is 5.25. The highest BCUT2D eigenvalue weighted by Gasteiger charge is 2.49. The Morgan fingerprint density at radius 3 is 2.52 bits per heavy atom. The normalized spacial score (nSPS) is 20.8. The molecule has 2 aliphatic rings. The molecule has 2 aromatic rings. The van der Waals surface area contributed by atoms with E-state index in [4.69, 9.17) is 9.84 Å².